The van der Waals surface area contributed by atoms with Crippen molar-refractivity contribution in [3.05, 3.63) is 65.7 Å². The Kier molecular flexibility index (Phi) is 5.53. The maximum atomic E-state index is 13.2. The number of Topliss-reactive ketones (excluding diaryl/α,β-unsaturated/α-hetero) is 1. The van der Waals surface area contributed by atoms with E-state index in [9.17, 15) is 19.2 Å². The third-order valence-electron chi connectivity index (χ3n) is 6.76. The highest BCUT2D eigenvalue weighted by Gasteiger charge is 2.66. The van der Waals surface area contributed by atoms with Crippen LogP contribution in [0.2, 0.25) is 0 Å². The van der Waals surface area contributed by atoms with Gasteiger partial charge in [-0.3, -0.25) is 19.3 Å². The molecule has 1 heterocycles. The number of ether oxygens (including phenoxy) is 1. The van der Waals surface area contributed by atoms with Crippen molar-refractivity contribution in [1.82, 2.24) is 0 Å². The van der Waals surface area contributed by atoms with E-state index in [4.69, 9.17) is 4.74 Å². The van der Waals surface area contributed by atoms with Crippen LogP contribution in [0.5, 0.6) is 0 Å². The van der Waals surface area contributed by atoms with E-state index in [2.05, 4.69) is 31.9 Å². The second-order valence-corrected chi connectivity index (χ2v) is 10.5. The second-order valence-electron chi connectivity index (χ2n) is 8.43. The number of esters is 1. The Bertz CT molecular complexity index is 1090. The Morgan fingerprint density at radius 2 is 1.47 bits per heavy atom. The van der Waals surface area contributed by atoms with Gasteiger partial charge in [0.1, 0.15) is 0 Å². The average Bonchev–Trinajstić information content (AvgIpc) is 3.42. The van der Waals surface area contributed by atoms with Gasteiger partial charge in [0.25, 0.3) is 0 Å². The van der Waals surface area contributed by atoms with Crippen LogP contribution < -0.4 is 4.90 Å². The van der Waals surface area contributed by atoms with Gasteiger partial charge in [0.2, 0.25) is 11.8 Å². The van der Waals surface area contributed by atoms with Gasteiger partial charge in [-0.05, 0) is 36.5 Å². The van der Waals surface area contributed by atoms with Gasteiger partial charge >= 0.3 is 5.97 Å². The van der Waals surface area contributed by atoms with Crippen LogP contribution in [0, 0.1) is 23.7 Å². The summed E-state index contributed by atoms with van der Waals surface area (Å²) in [6.07, 6.45) is 0.855. The molecule has 6 unspecified atom stereocenters. The highest BCUT2D eigenvalue weighted by Crippen LogP contribution is 2.60. The van der Waals surface area contributed by atoms with Gasteiger partial charge in [-0.15, -0.1) is 0 Å². The second kappa shape index (κ2) is 8.23. The van der Waals surface area contributed by atoms with E-state index in [0.717, 1.165) is 6.42 Å². The van der Waals surface area contributed by atoms with Crippen molar-refractivity contribution in [3.8, 4) is 0 Å². The van der Waals surface area contributed by atoms with Gasteiger partial charge in [-0.2, -0.15) is 0 Å². The van der Waals surface area contributed by atoms with Crippen LogP contribution in [0.1, 0.15) is 27.1 Å². The summed E-state index contributed by atoms with van der Waals surface area (Å²) in [6.45, 7) is -0.387. The number of alkyl halides is 2. The number of rotatable bonds is 5. The largest absolute Gasteiger partial charge is 0.454 e. The van der Waals surface area contributed by atoms with Gasteiger partial charge in [0.05, 0.1) is 23.1 Å². The molecule has 1 saturated heterocycles. The third kappa shape index (κ3) is 3.35. The number of imide groups is 1. The first kappa shape index (κ1) is 21.5. The number of anilines is 1. The Balaban J connectivity index is 1.32. The van der Waals surface area contributed by atoms with Gasteiger partial charge in [0, 0.05) is 15.2 Å². The van der Waals surface area contributed by atoms with Crippen LogP contribution >= 0.6 is 31.9 Å². The smallest absolute Gasteiger partial charge is 0.338 e. The summed E-state index contributed by atoms with van der Waals surface area (Å²) in [4.78, 5) is 52.7. The zero-order valence-electron chi connectivity index (χ0n) is 16.8. The molecule has 2 aliphatic carbocycles. The van der Waals surface area contributed by atoms with Crippen molar-refractivity contribution in [2.24, 2.45) is 23.7 Å². The Hall–Kier alpha value is -2.32. The molecule has 3 aliphatic rings. The number of fused-ring (bicyclic) bond motifs is 5. The van der Waals surface area contributed by atoms with E-state index in [1.54, 1.807) is 42.5 Å². The molecular weight excluding hydrogens is 542 g/mol. The fourth-order valence-electron chi connectivity index (χ4n) is 5.30. The van der Waals surface area contributed by atoms with E-state index in [1.807, 2.05) is 0 Å². The number of ketones is 1. The molecular formula is C24H19Br2NO5. The molecule has 0 N–H and O–H groups in total. The quantitative estimate of drug-likeness (QED) is 0.239. The van der Waals surface area contributed by atoms with Crippen LogP contribution in [-0.2, 0) is 14.3 Å². The lowest BCUT2D eigenvalue weighted by atomic mass is 9.81. The SMILES string of the molecule is O=C(COC(=O)c1cccc(N2C(=O)C3C4CC(C(Br)C4Br)C3C2=O)c1)c1ccccc1. The van der Waals surface area contributed by atoms with E-state index in [-0.39, 0.29) is 63.1 Å². The molecule has 5 rings (SSSR count). The third-order valence-corrected chi connectivity index (χ3v) is 9.96. The Morgan fingerprint density at radius 3 is 2.09 bits per heavy atom. The van der Waals surface area contributed by atoms with Gasteiger partial charge < -0.3 is 4.74 Å². The molecule has 2 aromatic rings. The lowest BCUT2D eigenvalue weighted by Gasteiger charge is -2.28. The number of carbonyl (C=O) groups is 4. The molecule has 2 aromatic carbocycles. The molecule has 2 bridgehead atoms. The molecule has 32 heavy (non-hydrogen) atoms. The van der Waals surface area contributed by atoms with Crippen molar-refractivity contribution >= 4 is 61.1 Å². The molecule has 2 amide bonds. The maximum Gasteiger partial charge on any atom is 0.338 e. The molecule has 0 aromatic heterocycles. The lowest BCUT2D eigenvalue weighted by Crippen LogP contribution is -2.37. The summed E-state index contributed by atoms with van der Waals surface area (Å²) >= 11 is 7.36. The summed E-state index contributed by atoms with van der Waals surface area (Å²) in [5, 5.41) is 0. The first-order valence-corrected chi connectivity index (χ1v) is 12.2. The Morgan fingerprint density at radius 1 is 0.875 bits per heavy atom. The monoisotopic (exact) mass is 559 g/mol. The molecule has 1 aliphatic heterocycles. The molecule has 0 spiro atoms. The van der Waals surface area contributed by atoms with Crippen molar-refractivity contribution in [1.29, 1.82) is 0 Å². The maximum absolute atomic E-state index is 13.2. The van der Waals surface area contributed by atoms with E-state index in [0.29, 0.717) is 11.3 Å². The number of carbonyl (C=O) groups excluding carboxylic acids is 4. The van der Waals surface area contributed by atoms with Crippen molar-refractivity contribution in [2.75, 3.05) is 11.5 Å². The zero-order chi connectivity index (χ0) is 22.6. The van der Waals surface area contributed by atoms with E-state index < -0.39 is 5.97 Å². The highest BCUT2D eigenvalue weighted by molar-refractivity contribution is 9.12. The van der Waals surface area contributed by atoms with Gasteiger partial charge in [-0.25, -0.2) is 4.79 Å². The minimum absolute atomic E-state index is 0.118. The predicted molar refractivity (Wildman–Crippen MR) is 124 cm³/mol. The molecule has 6 nitrogen and oxygen atoms in total. The van der Waals surface area contributed by atoms with Crippen molar-refractivity contribution in [3.63, 3.8) is 0 Å². The minimum Gasteiger partial charge on any atom is -0.454 e. The fourth-order valence-corrected chi connectivity index (χ4v) is 7.17. The molecule has 3 fully saturated rings. The summed E-state index contributed by atoms with van der Waals surface area (Å²) in [7, 11) is 0. The number of nitrogens with zero attached hydrogens (tertiary/aromatic N) is 1. The number of benzene rings is 2. The number of hydrogen-bond acceptors (Lipinski definition) is 5. The molecule has 8 heteroatoms. The van der Waals surface area contributed by atoms with Crippen LogP contribution in [0.25, 0.3) is 0 Å². The fraction of sp³-hybridized carbons (Fsp3) is 0.333. The summed E-state index contributed by atoms with van der Waals surface area (Å²) < 4.78 is 5.17. The minimum atomic E-state index is -0.684. The lowest BCUT2D eigenvalue weighted by molar-refractivity contribution is -0.123. The summed E-state index contributed by atoms with van der Waals surface area (Å²) in [5.41, 5.74) is 0.995. The average molecular weight is 561 g/mol. The number of hydrogen-bond donors (Lipinski definition) is 0. The standard InChI is InChI=1S/C24H19Br2NO5/c25-20-15-10-16(21(20)26)19-18(15)22(29)27(23(19)30)14-8-4-7-13(9-14)24(31)32-11-17(28)12-5-2-1-3-6-12/h1-9,15-16,18-21H,10-11H2. The predicted octanol–water partition coefficient (Wildman–Crippen LogP) is 4.01. The molecule has 6 atom stereocenters. The van der Waals surface area contributed by atoms with Crippen LogP contribution in [-0.4, -0.2) is 39.8 Å². The van der Waals surface area contributed by atoms with Crippen LogP contribution in [0.3, 0.4) is 0 Å². The topological polar surface area (TPSA) is 80.8 Å². The van der Waals surface area contributed by atoms with Crippen LogP contribution in [0.4, 0.5) is 5.69 Å². The normalized spacial score (nSPS) is 30.5. The summed E-state index contributed by atoms with van der Waals surface area (Å²) in [6, 6.07) is 14.8. The first-order chi connectivity index (χ1) is 15.4. The van der Waals surface area contributed by atoms with Crippen LogP contribution in [0.15, 0.2) is 54.6 Å². The Labute approximate surface area is 201 Å². The van der Waals surface area contributed by atoms with Crippen molar-refractivity contribution < 1.29 is 23.9 Å². The molecule has 2 saturated carbocycles. The molecule has 0 radical (unpaired) electrons. The summed E-state index contributed by atoms with van der Waals surface area (Å²) in [5.74, 6) is -1.83. The zero-order valence-corrected chi connectivity index (χ0v) is 20.0. The van der Waals surface area contributed by atoms with Gasteiger partial charge in [0.15, 0.2) is 12.4 Å². The number of halogens is 2. The first-order valence-electron chi connectivity index (χ1n) is 10.4. The molecule has 164 valence electrons. The van der Waals surface area contributed by atoms with Crippen molar-refractivity contribution in [2.45, 2.75) is 16.1 Å². The highest BCUT2D eigenvalue weighted by atomic mass is 79.9. The van der Waals surface area contributed by atoms with Gasteiger partial charge in [-0.1, -0.05) is 68.3 Å². The van der Waals surface area contributed by atoms with E-state index in [1.165, 1.54) is 17.0 Å². The van der Waals surface area contributed by atoms with E-state index >= 15 is 0 Å². The number of amides is 2.